The third kappa shape index (κ3) is 2.93. The molecule has 3 nitrogen and oxygen atoms in total. The van der Waals surface area contributed by atoms with Gasteiger partial charge in [-0.15, -0.1) is 0 Å². The van der Waals surface area contributed by atoms with Gasteiger partial charge < -0.3 is 10.6 Å². The molecule has 1 aliphatic heterocycles. The Kier molecular flexibility index (Phi) is 3.64. The van der Waals surface area contributed by atoms with Crippen LogP contribution in [0, 0.1) is 6.92 Å². The minimum atomic E-state index is 0.320. The lowest BCUT2D eigenvalue weighted by atomic mass is 10.1. The molecule has 94 valence electrons. The lowest BCUT2D eigenvalue weighted by Gasteiger charge is -2.38. The molecule has 2 rings (SSSR count). The average Bonchev–Trinajstić information content (AvgIpc) is 2.27. The first-order valence-electron chi connectivity index (χ1n) is 6.07. The molecule has 1 aromatic heterocycles. The smallest absolute Gasteiger partial charge is 0.128 e. The molecule has 0 amide bonds. The van der Waals surface area contributed by atoms with Gasteiger partial charge in [0.2, 0.25) is 0 Å². The summed E-state index contributed by atoms with van der Waals surface area (Å²) in [7, 11) is 0. The van der Waals surface area contributed by atoms with Crippen molar-refractivity contribution >= 4 is 17.6 Å². The quantitative estimate of drug-likeness (QED) is 0.875. The third-order valence-electron chi connectivity index (χ3n) is 3.15. The maximum Gasteiger partial charge on any atom is 0.128 e. The number of aromatic nitrogens is 1. The predicted octanol–water partition coefficient (Wildman–Crippen LogP) is 2.18. The van der Waals surface area contributed by atoms with Crippen LogP contribution >= 0.6 is 11.8 Å². The lowest BCUT2D eigenvalue weighted by Crippen LogP contribution is -2.43. The normalized spacial score (nSPS) is 19.4. The van der Waals surface area contributed by atoms with E-state index >= 15 is 0 Å². The SMILES string of the molecule is Cc1nc(N2CCSC(C)(C)C2)ccc1CN. The lowest BCUT2D eigenvalue weighted by molar-refractivity contribution is 0.641. The van der Waals surface area contributed by atoms with Crippen molar-refractivity contribution in [2.45, 2.75) is 32.1 Å². The van der Waals surface area contributed by atoms with Crippen molar-refractivity contribution in [1.82, 2.24) is 4.98 Å². The summed E-state index contributed by atoms with van der Waals surface area (Å²) in [5.41, 5.74) is 7.86. The molecule has 4 heteroatoms. The molecular weight excluding hydrogens is 230 g/mol. The Hall–Kier alpha value is -0.740. The molecule has 0 unspecified atom stereocenters. The molecule has 2 N–H and O–H groups in total. The zero-order valence-electron chi connectivity index (χ0n) is 10.9. The van der Waals surface area contributed by atoms with Crippen LogP contribution in [0.5, 0.6) is 0 Å². The minimum Gasteiger partial charge on any atom is -0.354 e. The highest BCUT2D eigenvalue weighted by Crippen LogP contribution is 2.31. The Bertz CT molecular complexity index is 404. The van der Waals surface area contributed by atoms with Crippen molar-refractivity contribution in [3.63, 3.8) is 0 Å². The Morgan fingerprint density at radius 3 is 2.82 bits per heavy atom. The fourth-order valence-corrected chi connectivity index (χ4v) is 3.29. The number of rotatable bonds is 2. The van der Waals surface area contributed by atoms with Crippen LogP contribution in [0.1, 0.15) is 25.1 Å². The summed E-state index contributed by atoms with van der Waals surface area (Å²) < 4.78 is 0.320. The van der Waals surface area contributed by atoms with Crippen LogP contribution in [-0.2, 0) is 6.54 Å². The zero-order valence-corrected chi connectivity index (χ0v) is 11.7. The van der Waals surface area contributed by atoms with Crippen molar-refractivity contribution in [3.05, 3.63) is 23.4 Å². The molecule has 0 aromatic carbocycles. The molecule has 0 bridgehead atoms. The Balaban J connectivity index is 2.19. The van der Waals surface area contributed by atoms with E-state index in [4.69, 9.17) is 5.73 Å². The number of nitrogens with zero attached hydrogens (tertiary/aromatic N) is 2. The largest absolute Gasteiger partial charge is 0.354 e. The number of nitrogens with two attached hydrogens (primary N) is 1. The second-order valence-electron chi connectivity index (χ2n) is 5.15. The van der Waals surface area contributed by atoms with Gasteiger partial charge in [0.1, 0.15) is 5.82 Å². The molecule has 0 atom stereocenters. The number of anilines is 1. The monoisotopic (exact) mass is 251 g/mol. The first-order chi connectivity index (χ1) is 8.02. The predicted molar refractivity (Wildman–Crippen MR) is 75.6 cm³/mol. The Labute approximate surface area is 108 Å². The van der Waals surface area contributed by atoms with Gasteiger partial charge in [0.05, 0.1) is 0 Å². The van der Waals surface area contributed by atoms with E-state index in [1.165, 1.54) is 5.75 Å². The molecular formula is C13H21N3S. The Morgan fingerprint density at radius 1 is 1.47 bits per heavy atom. The van der Waals surface area contributed by atoms with Gasteiger partial charge in [0.15, 0.2) is 0 Å². The number of pyridine rings is 1. The fraction of sp³-hybridized carbons (Fsp3) is 0.615. The number of hydrogen-bond donors (Lipinski definition) is 1. The van der Waals surface area contributed by atoms with Crippen molar-refractivity contribution in [2.75, 3.05) is 23.7 Å². The van der Waals surface area contributed by atoms with E-state index in [2.05, 4.69) is 35.9 Å². The van der Waals surface area contributed by atoms with Gasteiger partial charge in [-0.1, -0.05) is 6.07 Å². The molecule has 2 heterocycles. The van der Waals surface area contributed by atoms with Crippen molar-refractivity contribution in [2.24, 2.45) is 5.73 Å². The van der Waals surface area contributed by atoms with E-state index in [0.29, 0.717) is 11.3 Å². The molecule has 0 radical (unpaired) electrons. The van der Waals surface area contributed by atoms with E-state index in [-0.39, 0.29) is 0 Å². The summed E-state index contributed by atoms with van der Waals surface area (Å²) in [5.74, 6) is 2.26. The average molecular weight is 251 g/mol. The topological polar surface area (TPSA) is 42.2 Å². The van der Waals surface area contributed by atoms with Crippen LogP contribution < -0.4 is 10.6 Å². The van der Waals surface area contributed by atoms with Gasteiger partial charge in [-0.05, 0) is 32.4 Å². The van der Waals surface area contributed by atoms with Crippen LogP contribution in [0.25, 0.3) is 0 Å². The summed E-state index contributed by atoms with van der Waals surface area (Å²) in [4.78, 5) is 7.05. The van der Waals surface area contributed by atoms with Crippen molar-refractivity contribution in [1.29, 1.82) is 0 Å². The number of thioether (sulfide) groups is 1. The zero-order chi connectivity index (χ0) is 12.5. The van der Waals surface area contributed by atoms with Crippen LogP contribution in [0.15, 0.2) is 12.1 Å². The van der Waals surface area contributed by atoms with Crippen LogP contribution in [-0.4, -0.2) is 28.6 Å². The first-order valence-corrected chi connectivity index (χ1v) is 7.06. The number of aryl methyl sites for hydroxylation is 1. The Morgan fingerprint density at radius 2 is 2.24 bits per heavy atom. The standard InChI is InChI=1S/C13H21N3S/c1-10-11(8-14)4-5-12(15-10)16-6-7-17-13(2,3)9-16/h4-5H,6-9,14H2,1-3H3. The first kappa shape index (κ1) is 12.7. The highest BCUT2D eigenvalue weighted by atomic mass is 32.2. The molecule has 1 aliphatic rings. The molecule has 1 fully saturated rings. The fourth-order valence-electron chi connectivity index (χ4n) is 2.18. The van der Waals surface area contributed by atoms with Crippen molar-refractivity contribution < 1.29 is 0 Å². The second-order valence-corrected chi connectivity index (χ2v) is 6.95. The summed E-state index contributed by atoms with van der Waals surface area (Å²) in [5, 5.41) is 0. The summed E-state index contributed by atoms with van der Waals surface area (Å²) in [6.07, 6.45) is 0. The highest BCUT2D eigenvalue weighted by Gasteiger charge is 2.27. The molecule has 0 saturated carbocycles. The van der Waals surface area contributed by atoms with Gasteiger partial charge in [0, 0.05) is 35.8 Å². The summed E-state index contributed by atoms with van der Waals surface area (Å²) >= 11 is 2.04. The maximum absolute atomic E-state index is 5.67. The second kappa shape index (κ2) is 4.86. The van der Waals surface area contributed by atoms with E-state index in [1.807, 2.05) is 18.7 Å². The van der Waals surface area contributed by atoms with Crippen molar-refractivity contribution in [3.8, 4) is 0 Å². The highest BCUT2D eigenvalue weighted by molar-refractivity contribution is 8.00. The number of hydrogen-bond acceptors (Lipinski definition) is 4. The summed E-state index contributed by atoms with van der Waals surface area (Å²) in [6, 6.07) is 4.20. The van der Waals surface area contributed by atoms with E-state index < -0.39 is 0 Å². The van der Waals surface area contributed by atoms with E-state index in [0.717, 1.165) is 30.2 Å². The van der Waals surface area contributed by atoms with Gasteiger partial charge >= 0.3 is 0 Å². The third-order valence-corrected chi connectivity index (χ3v) is 4.45. The van der Waals surface area contributed by atoms with Crippen LogP contribution in [0.4, 0.5) is 5.82 Å². The van der Waals surface area contributed by atoms with E-state index in [9.17, 15) is 0 Å². The van der Waals surface area contributed by atoms with Crippen LogP contribution in [0.3, 0.4) is 0 Å². The molecule has 0 aliphatic carbocycles. The molecule has 17 heavy (non-hydrogen) atoms. The molecule has 0 spiro atoms. The van der Waals surface area contributed by atoms with Crippen LogP contribution in [0.2, 0.25) is 0 Å². The van der Waals surface area contributed by atoms with E-state index in [1.54, 1.807) is 0 Å². The van der Waals surface area contributed by atoms with Gasteiger partial charge in [0.25, 0.3) is 0 Å². The van der Waals surface area contributed by atoms with Gasteiger partial charge in [-0.2, -0.15) is 11.8 Å². The maximum atomic E-state index is 5.67. The minimum absolute atomic E-state index is 0.320. The van der Waals surface area contributed by atoms with Gasteiger partial charge in [-0.3, -0.25) is 0 Å². The summed E-state index contributed by atoms with van der Waals surface area (Å²) in [6.45, 7) is 9.35. The molecule has 1 aromatic rings. The van der Waals surface area contributed by atoms with Gasteiger partial charge in [-0.25, -0.2) is 4.98 Å². The molecule has 1 saturated heterocycles.